The molecule has 0 aliphatic rings. The number of fused-ring (bicyclic) bond motifs is 8. The van der Waals surface area contributed by atoms with Gasteiger partial charge in [-0.3, -0.25) is 9.13 Å². The zero-order valence-electron chi connectivity index (χ0n) is 46.0. The summed E-state index contributed by atoms with van der Waals surface area (Å²) in [4.78, 5) is 11.5. The molecule has 1 N–H and O–H groups in total. The molecule has 12 rings (SSSR count). The van der Waals surface area contributed by atoms with Gasteiger partial charge in [-0.25, -0.2) is 9.97 Å². The Balaban J connectivity index is 1.17. The van der Waals surface area contributed by atoms with Crippen LogP contribution in [0.15, 0.2) is 182 Å². The normalized spacial score (nSPS) is 12.8. The number of rotatable bonds is 6. The fourth-order valence-corrected chi connectivity index (χ4v) is 11.4. The lowest BCUT2D eigenvalue weighted by Gasteiger charge is -2.28. The predicted octanol–water partition coefficient (Wildman–Crippen LogP) is 18.5. The number of phenolic OH excluding ortho intramolecular Hbond substituents is 1. The van der Waals surface area contributed by atoms with E-state index in [1.165, 1.54) is 32.6 Å². The fraction of sp³-hybridized carbons (Fsp3) is 0.229. The molecule has 0 bridgehead atoms. The van der Waals surface area contributed by atoms with Crippen molar-refractivity contribution in [3.8, 4) is 56.7 Å². The maximum atomic E-state index is 12.7. The first-order valence-corrected chi connectivity index (χ1v) is 26.8. The topological polar surface area (TPSA) is 60.8 Å². The molecule has 0 aliphatic carbocycles. The van der Waals surface area contributed by atoms with Crippen LogP contribution in [-0.4, -0.2) is 28.8 Å². The Labute approximate surface area is 447 Å². The van der Waals surface area contributed by atoms with Gasteiger partial charge in [0.1, 0.15) is 17.4 Å². The zero-order chi connectivity index (χ0) is 53.2. The SMILES string of the molecule is CC(C)(C)c1cc(-c2cccc3c2nc(-c2cc(C(C)(C)C)cc(C(C)(C)C)c2O)n3-c2ccc(C(C)(C)C)cc2-c2ccccc2)nc(-n2c3ccccc3c3c4c5ccccc5n(-c5ccccc5)c4ccc32)c1. The zero-order valence-corrected chi connectivity index (χ0v) is 46.0. The van der Waals surface area contributed by atoms with E-state index in [1.807, 2.05) is 0 Å². The monoisotopic (exact) mass is 994 g/mol. The van der Waals surface area contributed by atoms with Crippen LogP contribution in [0.2, 0.25) is 0 Å². The average Bonchev–Trinajstić information content (AvgIpc) is 4.14. The third-order valence-corrected chi connectivity index (χ3v) is 15.6. The summed E-state index contributed by atoms with van der Waals surface area (Å²) in [6, 6.07) is 65.7. The number of nitrogens with zero attached hydrogens (tertiary/aromatic N) is 5. The summed E-state index contributed by atoms with van der Waals surface area (Å²) < 4.78 is 7.06. The Morgan fingerprint density at radius 3 is 1.54 bits per heavy atom. The van der Waals surface area contributed by atoms with Crippen LogP contribution in [0.3, 0.4) is 0 Å². The van der Waals surface area contributed by atoms with Crippen LogP contribution in [0, 0.1) is 0 Å². The second-order valence-electron chi connectivity index (χ2n) is 25.0. The highest BCUT2D eigenvalue weighted by molar-refractivity contribution is 6.29. The van der Waals surface area contributed by atoms with Gasteiger partial charge in [0.2, 0.25) is 0 Å². The lowest BCUT2D eigenvalue weighted by molar-refractivity contribution is 0.446. The molecule has 0 atom stereocenters. The molecular formula is C70H67N5O. The number of hydrogen-bond donors (Lipinski definition) is 1. The predicted molar refractivity (Wildman–Crippen MR) is 320 cm³/mol. The summed E-state index contributed by atoms with van der Waals surface area (Å²) in [6.07, 6.45) is 0. The molecule has 0 amide bonds. The maximum Gasteiger partial charge on any atom is 0.149 e. The molecule has 6 nitrogen and oxygen atoms in total. The van der Waals surface area contributed by atoms with E-state index in [0.29, 0.717) is 11.4 Å². The quantitative estimate of drug-likeness (QED) is 0.181. The third-order valence-electron chi connectivity index (χ3n) is 15.6. The van der Waals surface area contributed by atoms with Gasteiger partial charge < -0.3 is 9.67 Å². The molecule has 76 heavy (non-hydrogen) atoms. The van der Waals surface area contributed by atoms with Crippen LogP contribution in [0.4, 0.5) is 0 Å². The third kappa shape index (κ3) is 8.00. The summed E-state index contributed by atoms with van der Waals surface area (Å²) in [5, 5.41) is 17.6. The number of imidazole rings is 1. The molecule has 0 unspecified atom stereocenters. The van der Waals surface area contributed by atoms with Crippen LogP contribution in [-0.2, 0) is 21.7 Å². The van der Waals surface area contributed by atoms with Crippen molar-refractivity contribution in [3.05, 3.63) is 204 Å². The van der Waals surface area contributed by atoms with Crippen LogP contribution in [0.5, 0.6) is 5.75 Å². The van der Waals surface area contributed by atoms with E-state index in [2.05, 4.69) is 279 Å². The van der Waals surface area contributed by atoms with Gasteiger partial charge in [0.15, 0.2) is 0 Å². The summed E-state index contributed by atoms with van der Waals surface area (Å²) in [5.74, 6) is 1.75. The molecule has 6 heteroatoms. The number of aromatic hydroxyl groups is 1. The Bertz CT molecular complexity index is 4250. The van der Waals surface area contributed by atoms with Crippen LogP contribution < -0.4 is 0 Å². The van der Waals surface area contributed by atoms with Crippen molar-refractivity contribution in [2.24, 2.45) is 0 Å². The van der Waals surface area contributed by atoms with Gasteiger partial charge in [-0.15, -0.1) is 0 Å². The Kier molecular flexibility index (Phi) is 11.2. The second-order valence-corrected chi connectivity index (χ2v) is 25.0. The Morgan fingerprint density at radius 2 is 0.921 bits per heavy atom. The summed E-state index contributed by atoms with van der Waals surface area (Å²) in [7, 11) is 0. The highest BCUT2D eigenvalue weighted by atomic mass is 16.3. The van der Waals surface area contributed by atoms with Crippen LogP contribution in [0.1, 0.15) is 105 Å². The van der Waals surface area contributed by atoms with Gasteiger partial charge in [-0.2, -0.15) is 0 Å². The van der Waals surface area contributed by atoms with Crippen molar-refractivity contribution in [2.75, 3.05) is 0 Å². The standard InChI is InChI=1S/C70H67N5O/c1-67(2,3)44-34-35-57(51(38-44)43-24-15-13-16-25-43)75-60-33-23-30-48(64(60)72-66(75)52-39-45(68(4,5)6)40-53(65(52)76)70(10,11)12)54-41-46(69(7,8)9)42-61(71-54)74-56-32-22-20-29-50(56)63-59(74)37-36-58-62(63)49-28-19-21-31-55(49)73(58)47-26-17-14-18-27-47/h13-42,76H,1-12H3. The van der Waals surface area contributed by atoms with E-state index < -0.39 is 0 Å². The van der Waals surface area contributed by atoms with Gasteiger partial charge in [0.05, 0.1) is 50.0 Å². The lowest BCUT2D eigenvalue weighted by Crippen LogP contribution is -2.17. The summed E-state index contributed by atoms with van der Waals surface area (Å²) in [6.45, 7) is 26.9. The Hall–Kier alpha value is -8.22. The van der Waals surface area contributed by atoms with E-state index >= 15 is 0 Å². The molecule has 0 saturated carbocycles. The minimum atomic E-state index is -0.350. The largest absolute Gasteiger partial charge is 0.507 e. The number of hydrogen-bond acceptors (Lipinski definition) is 3. The van der Waals surface area contributed by atoms with Crippen molar-refractivity contribution < 1.29 is 5.11 Å². The maximum absolute atomic E-state index is 12.7. The minimum Gasteiger partial charge on any atom is -0.507 e. The molecule has 0 spiro atoms. The van der Waals surface area contributed by atoms with Gasteiger partial charge >= 0.3 is 0 Å². The molecule has 0 radical (unpaired) electrons. The van der Waals surface area contributed by atoms with Crippen LogP contribution >= 0.6 is 0 Å². The first kappa shape index (κ1) is 48.7. The minimum absolute atomic E-state index is 0.0964. The molecule has 12 aromatic rings. The van der Waals surface area contributed by atoms with Crippen LogP contribution in [0.25, 0.3) is 106 Å². The molecule has 8 aromatic carbocycles. The van der Waals surface area contributed by atoms with Gasteiger partial charge in [-0.05, 0) is 117 Å². The first-order valence-electron chi connectivity index (χ1n) is 26.8. The molecule has 0 fully saturated rings. The van der Waals surface area contributed by atoms with Crippen molar-refractivity contribution >= 4 is 54.6 Å². The van der Waals surface area contributed by atoms with E-state index in [1.54, 1.807) is 0 Å². The summed E-state index contributed by atoms with van der Waals surface area (Å²) in [5.41, 5.74) is 16.5. The van der Waals surface area contributed by atoms with Gasteiger partial charge in [0, 0.05) is 43.9 Å². The molecular weight excluding hydrogens is 927 g/mol. The van der Waals surface area contributed by atoms with Crippen molar-refractivity contribution in [2.45, 2.75) is 105 Å². The number of phenols is 1. The average molecular weight is 994 g/mol. The number of para-hydroxylation sites is 4. The molecule has 0 aliphatic heterocycles. The second kappa shape index (κ2) is 17.4. The molecule has 378 valence electrons. The first-order chi connectivity index (χ1) is 36.2. The van der Waals surface area contributed by atoms with Crippen molar-refractivity contribution in [1.29, 1.82) is 0 Å². The number of benzene rings is 8. The number of aromatic nitrogens is 5. The van der Waals surface area contributed by atoms with Crippen molar-refractivity contribution in [3.63, 3.8) is 0 Å². The van der Waals surface area contributed by atoms with E-state index in [-0.39, 0.29) is 27.4 Å². The smallest absolute Gasteiger partial charge is 0.149 e. The highest BCUT2D eigenvalue weighted by Gasteiger charge is 2.31. The number of pyridine rings is 1. The van der Waals surface area contributed by atoms with E-state index in [0.717, 1.165) is 83.9 Å². The van der Waals surface area contributed by atoms with E-state index in [4.69, 9.17) is 9.97 Å². The lowest BCUT2D eigenvalue weighted by atomic mass is 9.79. The van der Waals surface area contributed by atoms with Gasteiger partial charge in [-0.1, -0.05) is 192 Å². The molecule has 4 aromatic heterocycles. The fourth-order valence-electron chi connectivity index (χ4n) is 11.4. The molecule has 4 heterocycles. The van der Waals surface area contributed by atoms with Gasteiger partial charge in [0.25, 0.3) is 0 Å². The summed E-state index contributed by atoms with van der Waals surface area (Å²) >= 11 is 0. The molecule has 0 saturated heterocycles. The van der Waals surface area contributed by atoms with Crippen molar-refractivity contribution in [1.82, 2.24) is 23.7 Å². The Morgan fingerprint density at radius 1 is 0.382 bits per heavy atom. The van der Waals surface area contributed by atoms with E-state index in [9.17, 15) is 5.11 Å². The highest BCUT2D eigenvalue weighted by Crippen LogP contribution is 2.47.